The number of aromatic carboxylic acids is 1. The average Bonchev–Trinajstić information content (AvgIpc) is 2.76. The maximum absolute atomic E-state index is 10.9. The molecule has 0 radical (unpaired) electrons. The van der Waals surface area contributed by atoms with E-state index in [1.807, 2.05) is 0 Å². The summed E-state index contributed by atoms with van der Waals surface area (Å²) in [6.07, 6.45) is 3.74. The Morgan fingerprint density at radius 2 is 2.41 bits per heavy atom. The SMILES string of the molecule is CCC1CCN(c2ncc(C(=O)O)c(C)n2)C1. The molecule has 5 heteroatoms. The van der Waals surface area contributed by atoms with E-state index in [1.165, 1.54) is 19.0 Å². The van der Waals surface area contributed by atoms with Crippen LogP contribution in [0.15, 0.2) is 6.20 Å². The van der Waals surface area contributed by atoms with Crippen molar-refractivity contribution in [2.75, 3.05) is 18.0 Å². The topological polar surface area (TPSA) is 66.3 Å². The third-order valence-electron chi connectivity index (χ3n) is 3.34. The largest absolute Gasteiger partial charge is 0.478 e. The van der Waals surface area contributed by atoms with Gasteiger partial charge in [0.2, 0.25) is 5.95 Å². The Balaban J connectivity index is 2.18. The van der Waals surface area contributed by atoms with E-state index in [0.717, 1.165) is 13.1 Å². The molecule has 1 aliphatic heterocycles. The second-order valence-corrected chi connectivity index (χ2v) is 4.48. The number of nitrogens with zero attached hydrogens (tertiary/aromatic N) is 3. The quantitative estimate of drug-likeness (QED) is 0.864. The Kier molecular flexibility index (Phi) is 3.26. The molecule has 1 aromatic rings. The molecule has 1 atom stereocenters. The number of hydrogen-bond donors (Lipinski definition) is 1. The van der Waals surface area contributed by atoms with Crippen molar-refractivity contribution in [2.45, 2.75) is 26.7 Å². The van der Waals surface area contributed by atoms with E-state index in [0.29, 0.717) is 17.6 Å². The summed E-state index contributed by atoms with van der Waals surface area (Å²) in [5, 5.41) is 8.91. The van der Waals surface area contributed by atoms with Gasteiger partial charge < -0.3 is 10.0 Å². The van der Waals surface area contributed by atoms with Gasteiger partial charge in [-0.1, -0.05) is 13.3 Å². The number of carboxylic acid groups (broad SMARTS) is 1. The molecule has 2 heterocycles. The molecule has 17 heavy (non-hydrogen) atoms. The van der Waals surface area contributed by atoms with E-state index in [4.69, 9.17) is 5.11 Å². The first kappa shape index (κ1) is 11.8. The molecular weight excluding hydrogens is 218 g/mol. The molecule has 1 fully saturated rings. The van der Waals surface area contributed by atoms with Crippen LogP contribution in [0.3, 0.4) is 0 Å². The fourth-order valence-corrected chi connectivity index (χ4v) is 2.16. The van der Waals surface area contributed by atoms with Gasteiger partial charge in [0.15, 0.2) is 0 Å². The van der Waals surface area contributed by atoms with Crippen LogP contribution in [0.4, 0.5) is 5.95 Å². The minimum absolute atomic E-state index is 0.181. The van der Waals surface area contributed by atoms with Crippen molar-refractivity contribution in [2.24, 2.45) is 5.92 Å². The van der Waals surface area contributed by atoms with Crippen LogP contribution in [0, 0.1) is 12.8 Å². The number of rotatable bonds is 3. The standard InChI is InChI=1S/C12H17N3O2/c1-3-9-4-5-15(7-9)12-13-6-10(11(16)17)8(2)14-12/h6,9H,3-5,7H2,1-2H3,(H,16,17). The minimum Gasteiger partial charge on any atom is -0.478 e. The zero-order valence-corrected chi connectivity index (χ0v) is 10.2. The lowest BCUT2D eigenvalue weighted by Gasteiger charge is -2.16. The fourth-order valence-electron chi connectivity index (χ4n) is 2.16. The van der Waals surface area contributed by atoms with Gasteiger partial charge in [-0.3, -0.25) is 0 Å². The molecule has 0 aliphatic carbocycles. The van der Waals surface area contributed by atoms with Crippen LogP contribution < -0.4 is 4.90 Å². The van der Waals surface area contributed by atoms with Crippen LogP contribution in [0.2, 0.25) is 0 Å². The predicted octanol–water partition coefficient (Wildman–Crippen LogP) is 1.72. The second kappa shape index (κ2) is 4.69. The fraction of sp³-hybridized carbons (Fsp3) is 0.583. The van der Waals surface area contributed by atoms with Crippen molar-refractivity contribution >= 4 is 11.9 Å². The summed E-state index contributed by atoms with van der Waals surface area (Å²) in [5.41, 5.74) is 0.711. The molecule has 0 spiro atoms. The Labute approximate surface area is 100 Å². The van der Waals surface area contributed by atoms with Gasteiger partial charge in [0, 0.05) is 19.3 Å². The highest BCUT2D eigenvalue weighted by atomic mass is 16.4. The van der Waals surface area contributed by atoms with Gasteiger partial charge in [-0.25, -0.2) is 14.8 Å². The zero-order chi connectivity index (χ0) is 12.4. The van der Waals surface area contributed by atoms with Crippen LogP contribution >= 0.6 is 0 Å². The van der Waals surface area contributed by atoms with Crippen molar-refractivity contribution in [3.63, 3.8) is 0 Å². The van der Waals surface area contributed by atoms with Gasteiger partial charge in [-0.2, -0.15) is 0 Å². The van der Waals surface area contributed by atoms with Gasteiger partial charge in [0.25, 0.3) is 0 Å². The molecular formula is C12H17N3O2. The van der Waals surface area contributed by atoms with Crippen molar-refractivity contribution in [3.05, 3.63) is 17.5 Å². The number of anilines is 1. The molecule has 5 nitrogen and oxygen atoms in total. The summed E-state index contributed by atoms with van der Waals surface area (Å²) < 4.78 is 0. The number of aryl methyl sites for hydroxylation is 1. The molecule has 1 aromatic heterocycles. The normalized spacial score (nSPS) is 19.6. The van der Waals surface area contributed by atoms with E-state index in [1.54, 1.807) is 6.92 Å². The van der Waals surface area contributed by atoms with Crippen LogP contribution in [0.1, 0.15) is 35.8 Å². The summed E-state index contributed by atoms with van der Waals surface area (Å²) in [5.74, 6) is 0.392. The molecule has 1 unspecified atom stereocenters. The van der Waals surface area contributed by atoms with E-state index >= 15 is 0 Å². The van der Waals surface area contributed by atoms with Crippen LogP contribution in [-0.4, -0.2) is 34.1 Å². The molecule has 1 N–H and O–H groups in total. The lowest BCUT2D eigenvalue weighted by atomic mass is 10.1. The predicted molar refractivity (Wildman–Crippen MR) is 64.3 cm³/mol. The van der Waals surface area contributed by atoms with E-state index in [-0.39, 0.29) is 5.56 Å². The highest BCUT2D eigenvalue weighted by Crippen LogP contribution is 2.23. The summed E-state index contributed by atoms with van der Waals surface area (Å²) in [6, 6.07) is 0. The molecule has 0 aromatic carbocycles. The first-order valence-electron chi connectivity index (χ1n) is 5.93. The lowest BCUT2D eigenvalue weighted by Crippen LogP contribution is -2.22. The summed E-state index contributed by atoms with van der Waals surface area (Å²) in [7, 11) is 0. The monoisotopic (exact) mass is 235 g/mol. The van der Waals surface area contributed by atoms with E-state index in [9.17, 15) is 4.79 Å². The number of carboxylic acids is 1. The van der Waals surface area contributed by atoms with Crippen LogP contribution in [-0.2, 0) is 0 Å². The van der Waals surface area contributed by atoms with Gasteiger partial charge in [-0.15, -0.1) is 0 Å². The second-order valence-electron chi connectivity index (χ2n) is 4.48. The first-order chi connectivity index (χ1) is 8.11. The van der Waals surface area contributed by atoms with Gasteiger partial charge >= 0.3 is 5.97 Å². The smallest absolute Gasteiger partial charge is 0.339 e. The van der Waals surface area contributed by atoms with Crippen molar-refractivity contribution in [3.8, 4) is 0 Å². The maximum atomic E-state index is 10.9. The average molecular weight is 235 g/mol. The molecule has 1 saturated heterocycles. The van der Waals surface area contributed by atoms with Gasteiger partial charge in [-0.05, 0) is 19.3 Å². The van der Waals surface area contributed by atoms with Crippen LogP contribution in [0.5, 0.6) is 0 Å². The lowest BCUT2D eigenvalue weighted by molar-refractivity contribution is 0.0695. The highest BCUT2D eigenvalue weighted by Gasteiger charge is 2.23. The molecule has 0 amide bonds. The molecule has 0 bridgehead atoms. The summed E-state index contributed by atoms with van der Waals surface area (Å²) >= 11 is 0. The minimum atomic E-state index is -0.970. The maximum Gasteiger partial charge on any atom is 0.339 e. The van der Waals surface area contributed by atoms with Crippen LogP contribution in [0.25, 0.3) is 0 Å². The number of hydrogen-bond acceptors (Lipinski definition) is 4. The summed E-state index contributed by atoms with van der Waals surface area (Å²) in [6.45, 7) is 5.84. The van der Waals surface area contributed by atoms with Gasteiger partial charge in [0.1, 0.15) is 0 Å². The molecule has 0 saturated carbocycles. The van der Waals surface area contributed by atoms with E-state index in [2.05, 4.69) is 21.8 Å². The molecule has 2 rings (SSSR count). The van der Waals surface area contributed by atoms with Crippen molar-refractivity contribution in [1.29, 1.82) is 0 Å². The zero-order valence-electron chi connectivity index (χ0n) is 10.2. The van der Waals surface area contributed by atoms with Gasteiger partial charge in [0.05, 0.1) is 11.3 Å². The van der Waals surface area contributed by atoms with Crippen molar-refractivity contribution in [1.82, 2.24) is 9.97 Å². The third-order valence-corrected chi connectivity index (χ3v) is 3.34. The number of carbonyl (C=O) groups is 1. The third kappa shape index (κ3) is 2.38. The number of aromatic nitrogens is 2. The first-order valence-corrected chi connectivity index (χ1v) is 5.93. The Morgan fingerprint density at radius 1 is 1.65 bits per heavy atom. The van der Waals surface area contributed by atoms with Crippen molar-refractivity contribution < 1.29 is 9.90 Å². The molecule has 92 valence electrons. The Bertz CT molecular complexity index is 434. The Morgan fingerprint density at radius 3 is 2.94 bits per heavy atom. The van der Waals surface area contributed by atoms with E-state index < -0.39 is 5.97 Å². The summed E-state index contributed by atoms with van der Waals surface area (Å²) in [4.78, 5) is 21.4. The Hall–Kier alpha value is -1.65. The highest BCUT2D eigenvalue weighted by molar-refractivity contribution is 5.88. The molecule has 1 aliphatic rings.